The summed E-state index contributed by atoms with van der Waals surface area (Å²) in [6, 6.07) is 0.177. The van der Waals surface area contributed by atoms with Gasteiger partial charge in [0.15, 0.2) is 5.16 Å². The molecule has 1 fully saturated rings. The fraction of sp³-hybridized carbons (Fsp3) is 0.667. The number of carboxylic acids is 1. The average molecular weight is 258 g/mol. The minimum Gasteiger partial charge on any atom is -0.480 e. The Balaban J connectivity index is 2.16. The first-order valence-corrected chi connectivity index (χ1v) is 6.28. The van der Waals surface area contributed by atoms with Crippen LogP contribution in [0.1, 0.15) is 25.3 Å². The topological polar surface area (TPSA) is 114 Å². The lowest BCUT2D eigenvalue weighted by Gasteiger charge is -2.10. The van der Waals surface area contributed by atoms with Gasteiger partial charge < -0.3 is 10.8 Å². The van der Waals surface area contributed by atoms with Crippen LogP contribution in [-0.2, 0) is 4.79 Å². The third-order valence-corrected chi connectivity index (χ3v) is 3.76. The van der Waals surface area contributed by atoms with Gasteiger partial charge in [-0.2, -0.15) is 0 Å². The number of aliphatic carboxylic acids is 1. The highest BCUT2D eigenvalue weighted by Crippen LogP contribution is 2.37. The lowest BCUT2D eigenvalue weighted by atomic mass is 10.3. The third kappa shape index (κ3) is 2.70. The molecular weight excluding hydrogens is 244 g/mol. The lowest BCUT2D eigenvalue weighted by Crippen LogP contribution is -2.22. The number of nitrogens with two attached hydrogens (primary N) is 1. The number of carbonyl (C=O) groups is 1. The van der Waals surface area contributed by atoms with Crippen molar-refractivity contribution < 1.29 is 9.90 Å². The SMILES string of the molecule is NCCC(Sc1n[nH]c(=O)n1C1CC1)C(=O)O. The van der Waals surface area contributed by atoms with E-state index in [1.165, 1.54) is 4.57 Å². The summed E-state index contributed by atoms with van der Waals surface area (Å²) in [6.07, 6.45) is 2.25. The fourth-order valence-corrected chi connectivity index (χ4v) is 2.59. The van der Waals surface area contributed by atoms with Crippen molar-refractivity contribution in [2.24, 2.45) is 5.73 Å². The standard InChI is InChI=1S/C9H14N4O3S/c10-4-3-6(7(14)15)17-9-12-11-8(16)13(9)5-1-2-5/h5-6H,1-4,10H2,(H,11,16)(H,14,15). The van der Waals surface area contributed by atoms with Gasteiger partial charge in [-0.3, -0.25) is 9.36 Å². The molecule has 1 saturated carbocycles. The number of aromatic nitrogens is 3. The summed E-state index contributed by atoms with van der Waals surface area (Å²) in [5.74, 6) is -0.932. The second-order valence-corrected chi connectivity index (χ2v) is 5.10. The van der Waals surface area contributed by atoms with E-state index in [9.17, 15) is 9.59 Å². The highest BCUT2D eigenvalue weighted by atomic mass is 32.2. The van der Waals surface area contributed by atoms with E-state index in [4.69, 9.17) is 10.8 Å². The Morgan fingerprint density at radius 2 is 2.41 bits per heavy atom. The molecule has 8 heteroatoms. The first-order valence-electron chi connectivity index (χ1n) is 5.40. The number of carboxylic acid groups (broad SMARTS) is 1. The van der Waals surface area contributed by atoms with Crippen LogP contribution in [0, 0.1) is 0 Å². The molecule has 0 saturated heterocycles. The quantitative estimate of drug-likeness (QED) is 0.609. The Morgan fingerprint density at radius 3 is 2.94 bits per heavy atom. The van der Waals surface area contributed by atoms with Crippen LogP contribution < -0.4 is 11.4 Å². The van der Waals surface area contributed by atoms with Crippen LogP contribution >= 0.6 is 11.8 Å². The zero-order valence-corrected chi connectivity index (χ0v) is 9.94. The van der Waals surface area contributed by atoms with E-state index in [1.54, 1.807) is 0 Å². The molecule has 0 aromatic carbocycles. The second kappa shape index (κ2) is 4.92. The highest BCUT2D eigenvalue weighted by Gasteiger charge is 2.30. The maximum Gasteiger partial charge on any atom is 0.344 e. The van der Waals surface area contributed by atoms with Crippen molar-refractivity contribution >= 4 is 17.7 Å². The molecule has 1 atom stereocenters. The largest absolute Gasteiger partial charge is 0.480 e. The second-order valence-electron chi connectivity index (χ2n) is 3.93. The summed E-state index contributed by atoms with van der Waals surface area (Å²) in [6.45, 7) is 0.294. The number of rotatable bonds is 6. The zero-order chi connectivity index (χ0) is 12.4. The Kier molecular flexibility index (Phi) is 3.53. The molecule has 0 bridgehead atoms. The third-order valence-electron chi connectivity index (χ3n) is 2.54. The van der Waals surface area contributed by atoms with Gasteiger partial charge in [-0.1, -0.05) is 11.8 Å². The zero-order valence-electron chi connectivity index (χ0n) is 9.13. The van der Waals surface area contributed by atoms with E-state index < -0.39 is 11.2 Å². The molecular formula is C9H14N4O3S. The van der Waals surface area contributed by atoms with Gasteiger partial charge in [0.1, 0.15) is 5.25 Å². The van der Waals surface area contributed by atoms with Gasteiger partial charge in [0.2, 0.25) is 0 Å². The van der Waals surface area contributed by atoms with Crippen LogP contribution in [0.25, 0.3) is 0 Å². The molecule has 1 aliphatic rings. The molecule has 2 rings (SSSR count). The van der Waals surface area contributed by atoms with Gasteiger partial charge in [0.25, 0.3) is 0 Å². The summed E-state index contributed by atoms with van der Waals surface area (Å²) in [7, 11) is 0. The molecule has 0 spiro atoms. The van der Waals surface area contributed by atoms with Gasteiger partial charge >= 0.3 is 11.7 Å². The van der Waals surface area contributed by atoms with Gasteiger partial charge in [0, 0.05) is 6.04 Å². The molecule has 1 aliphatic carbocycles. The van der Waals surface area contributed by atoms with Crippen LogP contribution in [-0.4, -0.2) is 37.6 Å². The predicted octanol–water partition coefficient (Wildman–Crippen LogP) is -0.200. The van der Waals surface area contributed by atoms with E-state index in [0.29, 0.717) is 18.1 Å². The predicted molar refractivity (Wildman–Crippen MR) is 62.1 cm³/mol. The molecule has 17 heavy (non-hydrogen) atoms. The lowest BCUT2D eigenvalue weighted by molar-refractivity contribution is -0.136. The Labute approximate surface area is 101 Å². The fourth-order valence-electron chi connectivity index (χ4n) is 1.54. The molecule has 1 aromatic rings. The smallest absolute Gasteiger partial charge is 0.344 e. The molecule has 4 N–H and O–H groups in total. The molecule has 1 unspecified atom stereocenters. The molecule has 0 aliphatic heterocycles. The Bertz CT molecular complexity index is 465. The number of thioether (sulfide) groups is 1. The van der Waals surface area contributed by atoms with E-state index in [0.717, 1.165) is 24.6 Å². The van der Waals surface area contributed by atoms with Crippen LogP contribution in [0.3, 0.4) is 0 Å². The molecule has 0 amide bonds. The van der Waals surface area contributed by atoms with Gasteiger partial charge in [0.05, 0.1) is 0 Å². The first kappa shape index (κ1) is 12.2. The number of hydrogen-bond acceptors (Lipinski definition) is 5. The van der Waals surface area contributed by atoms with Crippen molar-refractivity contribution in [3.8, 4) is 0 Å². The maximum atomic E-state index is 11.5. The van der Waals surface area contributed by atoms with E-state index >= 15 is 0 Å². The minimum atomic E-state index is -0.932. The number of H-pyrrole nitrogens is 1. The van der Waals surface area contributed by atoms with E-state index in [1.807, 2.05) is 0 Å². The Hall–Kier alpha value is -1.28. The maximum absolute atomic E-state index is 11.5. The first-order chi connectivity index (χ1) is 8.13. The molecule has 94 valence electrons. The van der Waals surface area contributed by atoms with Crippen LogP contribution in [0.5, 0.6) is 0 Å². The molecule has 1 heterocycles. The Morgan fingerprint density at radius 1 is 1.71 bits per heavy atom. The molecule has 7 nitrogen and oxygen atoms in total. The van der Waals surface area contributed by atoms with Crippen LogP contribution in [0.2, 0.25) is 0 Å². The number of hydrogen-bond donors (Lipinski definition) is 3. The monoisotopic (exact) mass is 258 g/mol. The van der Waals surface area contributed by atoms with E-state index in [-0.39, 0.29) is 11.7 Å². The van der Waals surface area contributed by atoms with Crippen LogP contribution in [0.15, 0.2) is 9.95 Å². The number of nitrogens with one attached hydrogen (secondary N) is 1. The minimum absolute atomic E-state index is 0.177. The van der Waals surface area contributed by atoms with Crippen molar-refractivity contribution in [2.45, 2.75) is 35.7 Å². The molecule has 0 radical (unpaired) electrons. The van der Waals surface area contributed by atoms with Gasteiger partial charge in [-0.25, -0.2) is 9.89 Å². The number of aromatic amines is 1. The van der Waals surface area contributed by atoms with Gasteiger partial charge in [-0.15, -0.1) is 5.10 Å². The summed E-state index contributed by atoms with van der Waals surface area (Å²) >= 11 is 1.08. The normalized spacial score (nSPS) is 17.0. The van der Waals surface area contributed by atoms with E-state index in [2.05, 4.69) is 10.2 Å². The molecule has 1 aromatic heterocycles. The summed E-state index contributed by atoms with van der Waals surface area (Å²) in [5.41, 5.74) is 5.09. The van der Waals surface area contributed by atoms with Crippen molar-refractivity contribution in [3.05, 3.63) is 10.5 Å². The summed E-state index contributed by atoms with van der Waals surface area (Å²) in [5, 5.41) is 15.0. The van der Waals surface area contributed by atoms with Crippen molar-refractivity contribution in [1.82, 2.24) is 14.8 Å². The number of nitrogens with zero attached hydrogens (tertiary/aromatic N) is 2. The highest BCUT2D eigenvalue weighted by molar-refractivity contribution is 8.00. The van der Waals surface area contributed by atoms with Crippen molar-refractivity contribution in [1.29, 1.82) is 0 Å². The van der Waals surface area contributed by atoms with Crippen LogP contribution in [0.4, 0.5) is 0 Å². The van der Waals surface area contributed by atoms with Crippen molar-refractivity contribution in [3.63, 3.8) is 0 Å². The van der Waals surface area contributed by atoms with Crippen molar-refractivity contribution in [2.75, 3.05) is 6.54 Å². The summed E-state index contributed by atoms with van der Waals surface area (Å²) < 4.78 is 1.54. The van der Waals surface area contributed by atoms with Gasteiger partial charge in [-0.05, 0) is 25.8 Å². The average Bonchev–Trinajstić information content (AvgIpc) is 3.04. The summed E-state index contributed by atoms with van der Waals surface area (Å²) in [4.78, 5) is 22.5.